The number of carbonyl (C=O) groups excluding carboxylic acids is 1. The van der Waals surface area contributed by atoms with Crippen LogP contribution in [-0.4, -0.2) is 42.0 Å². The first-order valence-corrected chi connectivity index (χ1v) is 13.2. The van der Waals surface area contributed by atoms with Crippen LogP contribution in [0, 0.1) is 0 Å². The van der Waals surface area contributed by atoms with E-state index >= 15 is 0 Å². The number of hydrogen-bond acceptors (Lipinski definition) is 4. The van der Waals surface area contributed by atoms with Gasteiger partial charge < -0.3 is 9.84 Å². The molecule has 2 aliphatic rings. The highest BCUT2D eigenvalue weighted by Gasteiger charge is 2.25. The number of nitrogens with zero attached hydrogens (tertiary/aromatic N) is 1. The molecular formula is C30H40ClNO3. The topological polar surface area (TPSA) is 49.8 Å². The van der Waals surface area contributed by atoms with E-state index < -0.39 is 0 Å². The molecule has 0 radical (unpaired) electrons. The van der Waals surface area contributed by atoms with Crippen LogP contribution in [0.25, 0.3) is 5.57 Å². The van der Waals surface area contributed by atoms with Gasteiger partial charge >= 0.3 is 0 Å². The zero-order valence-corrected chi connectivity index (χ0v) is 21.9. The molecule has 1 aliphatic carbocycles. The minimum atomic E-state index is 0. The SMILES string of the molecule is CCCCCCC1=C(C(=O)c2ccc(OCCN3CCCCC3)cc2)c2ccc(O)cc2CC1.Cl. The number of rotatable bonds is 11. The molecule has 0 atom stereocenters. The number of ether oxygens (including phenoxy) is 1. The Labute approximate surface area is 216 Å². The second-order valence-corrected chi connectivity index (χ2v) is 9.73. The monoisotopic (exact) mass is 497 g/mol. The molecule has 1 N–H and O–H groups in total. The van der Waals surface area contributed by atoms with E-state index in [1.54, 1.807) is 6.07 Å². The Hall–Kier alpha value is -2.30. The number of Topliss-reactive ketones (excluding diaryl/α,β-unsaturated/α-hetero) is 1. The van der Waals surface area contributed by atoms with E-state index in [0.717, 1.165) is 54.7 Å². The molecule has 35 heavy (non-hydrogen) atoms. The summed E-state index contributed by atoms with van der Waals surface area (Å²) in [6, 6.07) is 13.1. The van der Waals surface area contributed by atoms with Crippen molar-refractivity contribution in [2.45, 2.75) is 71.1 Å². The average molecular weight is 498 g/mol. The molecule has 1 saturated heterocycles. The lowest BCUT2D eigenvalue weighted by Crippen LogP contribution is -2.33. The molecule has 190 valence electrons. The third-order valence-corrected chi connectivity index (χ3v) is 7.21. The van der Waals surface area contributed by atoms with Gasteiger partial charge in [-0.3, -0.25) is 9.69 Å². The van der Waals surface area contributed by atoms with Gasteiger partial charge in [-0.2, -0.15) is 0 Å². The van der Waals surface area contributed by atoms with Crippen molar-refractivity contribution >= 4 is 23.8 Å². The molecule has 0 spiro atoms. The molecule has 1 fully saturated rings. The first-order valence-electron chi connectivity index (χ1n) is 13.2. The van der Waals surface area contributed by atoms with Crippen LogP contribution in [0.4, 0.5) is 0 Å². The van der Waals surface area contributed by atoms with Gasteiger partial charge in [0.25, 0.3) is 0 Å². The number of halogens is 1. The molecule has 2 aromatic rings. The van der Waals surface area contributed by atoms with Crippen molar-refractivity contribution in [2.75, 3.05) is 26.2 Å². The van der Waals surface area contributed by atoms with Crippen LogP contribution in [0.5, 0.6) is 11.5 Å². The van der Waals surface area contributed by atoms with Gasteiger partial charge in [-0.05, 0) is 99.1 Å². The Balaban J connectivity index is 0.00000342. The Morgan fingerprint density at radius 2 is 1.74 bits per heavy atom. The van der Waals surface area contributed by atoms with Crippen molar-refractivity contribution in [2.24, 2.45) is 0 Å². The number of allylic oxidation sites excluding steroid dienone is 2. The second kappa shape index (κ2) is 13.7. The number of hydrogen-bond donors (Lipinski definition) is 1. The molecule has 0 unspecified atom stereocenters. The standard InChI is InChI=1S/C30H39NO3.ClH/c1-2-3-4-6-9-23-10-11-25-22-26(32)14-17-28(25)29(23)30(33)24-12-15-27(16-13-24)34-21-20-31-18-7-5-8-19-31;/h12-17,22,32H,2-11,18-21H2,1H3;1H. The first-order chi connectivity index (χ1) is 16.7. The maximum absolute atomic E-state index is 13.7. The second-order valence-electron chi connectivity index (χ2n) is 9.73. The normalized spacial score (nSPS) is 15.9. The third kappa shape index (κ3) is 7.35. The maximum atomic E-state index is 13.7. The summed E-state index contributed by atoms with van der Waals surface area (Å²) in [5.74, 6) is 1.16. The lowest BCUT2D eigenvalue weighted by molar-refractivity contribution is 0.105. The van der Waals surface area contributed by atoms with Crippen molar-refractivity contribution in [3.8, 4) is 11.5 Å². The van der Waals surface area contributed by atoms with Crippen LogP contribution in [0.3, 0.4) is 0 Å². The highest BCUT2D eigenvalue weighted by Crippen LogP contribution is 2.37. The fourth-order valence-electron chi connectivity index (χ4n) is 5.25. The number of piperidine rings is 1. The van der Waals surface area contributed by atoms with E-state index in [9.17, 15) is 9.90 Å². The Morgan fingerprint density at radius 3 is 2.49 bits per heavy atom. The Morgan fingerprint density at radius 1 is 0.971 bits per heavy atom. The van der Waals surface area contributed by atoms with E-state index in [1.807, 2.05) is 36.4 Å². The van der Waals surface area contributed by atoms with E-state index in [1.165, 1.54) is 57.2 Å². The fourth-order valence-corrected chi connectivity index (χ4v) is 5.25. The number of ketones is 1. The quantitative estimate of drug-likeness (QED) is 0.263. The summed E-state index contributed by atoms with van der Waals surface area (Å²) in [6.07, 6.45) is 11.4. The lowest BCUT2D eigenvalue weighted by atomic mass is 9.80. The van der Waals surface area contributed by atoms with Crippen molar-refractivity contribution < 1.29 is 14.6 Å². The third-order valence-electron chi connectivity index (χ3n) is 7.21. The first kappa shape index (κ1) is 27.3. The van der Waals surface area contributed by atoms with Gasteiger partial charge in [0, 0.05) is 17.7 Å². The van der Waals surface area contributed by atoms with Gasteiger partial charge in [0.05, 0.1) is 0 Å². The molecule has 1 aliphatic heterocycles. The lowest BCUT2D eigenvalue weighted by Gasteiger charge is -2.26. The van der Waals surface area contributed by atoms with Gasteiger partial charge in [0.2, 0.25) is 0 Å². The number of aryl methyl sites for hydroxylation is 1. The minimum Gasteiger partial charge on any atom is -0.508 e. The fraction of sp³-hybridized carbons (Fsp3) is 0.500. The number of benzene rings is 2. The molecular weight excluding hydrogens is 458 g/mol. The van der Waals surface area contributed by atoms with Crippen LogP contribution < -0.4 is 4.74 Å². The highest BCUT2D eigenvalue weighted by molar-refractivity contribution is 6.30. The van der Waals surface area contributed by atoms with Crippen LogP contribution >= 0.6 is 12.4 Å². The molecule has 0 aromatic heterocycles. The largest absolute Gasteiger partial charge is 0.508 e. The summed E-state index contributed by atoms with van der Waals surface area (Å²) in [7, 11) is 0. The number of aromatic hydroxyl groups is 1. The minimum absolute atomic E-state index is 0. The van der Waals surface area contributed by atoms with Crippen LogP contribution in [0.1, 0.15) is 86.2 Å². The highest BCUT2D eigenvalue weighted by atomic mass is 35.5. The molecule has 2 aromatic carbocycles. The van der Waals surface area contributed by atoms with Gasteiger partial charge in [0.1, 0.15) is 18.1 Å². The van der Waals surface area contributed by atoms with E-state index in [4.69, 9.17) is 4.74 Å². The average Bonchev–Trinajstić information content (AvgIpc) is 2.87. The van der Waals surface area contributed by atoms with Crippen LogP contribution in [0.15, 0.2) is 48.0 Å². The van der Waals surface area contributed by atoms with Gasteiger partial charge in [-0.1, -0.05) is 44.2 Å². The molecule has 0 saturated carbocycles. The van der Waals surface area contributed by atoms with E-state index in [2.05, 4.69) is 11.8 Å². The number of likely N-dealkylation sites (tertiary alicyclic amines) is 1. The summed E-state index contributed by atoms with van der Waals surface area (Å²) < 4.78 is 5.96. The number of carbonyl (C=O) groups is 1. The van der Waals surface area contributed by atoms with Gasteiger partial charge in [0.15, 0.2) is 5.78 Å². The van der Waals surface area contributed by atoms with Crippen LogP contribution in [-0.2, 0) is 6.42 Å². The Bertz CT molecular complexity index is 993. The number of phenolic OH excluding ortho intramolecular Hbond substituents is 1. The zero-order chi connectivity index (χ0) is 23.8. The molecule has 1 heterocycles. The van der Waals surface area contributed by atoms with Crippen molar-refractivity contribution in [3.63, 3.8) is 0 Å². The molecule has 5 heteroatoms. The predicted molar refractivity (Wildman–Crippen MR) is 146 cm³/mol. The zero-order valence-electron chi connectivity index (χ0n) is 21.1. The molecule has 4 nitrogen and oxygen atoms in total. The molecule has 0 bridgehead atoms. The van der Waals surface area contributed by atoms with Gasteiger partial charge in [-0.15, -0.1) is 12.4 Å². The van der Waals surface area contributed by atoms with Crippen molar-refractivity contribution in [3.05, 3.63) is 64.7 Å². The van der Waals surface area contributed by atoms with E-state index in [-0.39, 0.29) is 23.9 Å². The summed E-state index contributed by atoms with van der Waals surface area (Å²) >= 11 is 0. The van der Waals surface area contributed by atoms with Crippen LogP contribution in [0.2, 0.25) is 0 Å². The van der Waals surface area contributed by atoms with Crippen molar-refractivity contribution in [1.29, 1.82) is 0 Å². The van der Waals surface area contributed by atoms with Gasteiger partial charge in [-0.25, -0.2) is 0 Å². The van der Waals surface area contributed by atoms with E-state index in [0.29, 0.717) is 12.2 Å². The summed E-state index contributed by atoms with van der Waals surface area (Å²) in [5, 5.41) is 9.96. The predicted octanol–water partition coefficient (Wildman–Crippen LogP) is 7.23. The Kier molecular flexibility index (Phi) is 10.7. The number of phenols is 1. The number of unbranched alkanes of at least 4 members (excludes halogenated alkanes) is 3. The summed E-state index contributed by atoms with van der Waals surface area (Å²) in [6.45, 7) is 6.20. The smallest absolute Gasteiger partial charge is 0.193 e. The molecule has 0 amide bonds. The summed E-state index contributed by atoms with van der Waals surface area (Å²) in [5.41, 5.74) is 4.86. The molecule has 4 rings (SSSR count). The summed E-state index contributed by atoms with van der Waals surface area (Å²) in [4.78, 5) is 16.2. The van der Waals surface area contributed by atoms with Crippen molar-refractivity contribution in [1.82, 2.24) is 4.90 Å². The maximum Gasteiger partial charge on any atom is 0.193 e. The number of fused-ring (bicyclic) bond motifs is 1.